The molecule has 0 N–H and O–H groups in total. The van der Waals surface area contributed by atoms with Crippen molar-refractivity contribution in [3.63, 3.8) is 0 Å². The number of hydrogen-bond donors (Lipinski definition) is 0. The molecule has 120 valence electrons. The minimum atomic E-state index is -4.67. The van der Waals surface area contributed by atoms with Crippen LogP contribution in [-0.4, -0.2) is 24.6 Å². The van der Waals surface area contributed by atoms with Crippen molar-refractivity contribution >= 4 is 10.1 Å². The molecule has 0 aliphatic carbocycles. The normalized spacial score (nSPS) is 12.7. The number of hydrogen-bond acceptors (Lipinski definition) is 5. The van der Waals surface area contributed by atoms with Crippen molar-refractivity contribution < 1.29 is 47.3 Å². The summed E-state index contributed by atoms with van der Waals surface area (Å²) < 4.78 is 40.5. The van der Waals surface area contributed by atoms with E-state index in [4.69, 9.17) is 4.74 Å². The quantitative estimate of drug-likeness (QED) is 0.572. The van der Waals surface area contributed by atoms with E-state index in [1.165, 1.54) is 0 Å². The van der Waals surface area contributed by atoms with E-state index in [1.807, 2.05) is 41.5 Å². The molecule has 0 atom stereocenters. The van der Waals surface area contributed by atoms with Gasteiger partial charge in [0.2, 0.25) is 0 Å². The summed E-state index contributed by atoms with van der Waals surface area (Å²) in [6.07, 6.45) is 0. The third-order valence-corrected chi connectivity index (χ3v) is 3.86. The van der Waals surface area contributed by atoms with Gasteiger partial charge in [0.1, 0.15) is 20.8 Å². The van der Waals surface area contributed by atoms with Crippen LogP contribution in [0.3, 0.4) is 0 Å². The summed E-state index contributed by atoms with van der Waals surface area (Å²) in [5.74, 6) is 0.0948. The fraction of sp³-hybridized carbons (Fsp3) is 0.667. The van der Waals surface area contributed by atoms with Gasteiger partial charge in [0.15, 0.2) is 0 Å². The van der Waals surface area contributed by atoms with E-state index in [9.17, 15) is 13.0 Å². The van der Waals surface area contributed by atoms with Crippen molar-refractivity contribution in [3.8, 4) is 5.75 Å². The molecule has 1 rings (SSSR count). The summed E-state index contributed by atoms with van der Waals surface area (Å²) in [4.78, 5) is 4.12. The van der Waals surface area contributed by atoms with Gasteiger partial charge in [-0.15, -0.1) is 0 Å². The molecule has 1 heterocycles. The Morgan fingerprint density at radius 3 is 1.95 bits per heavy atom. The molecule has 0 radical (unpaired) electrons. The molecule has 0 bridgehead atoms. The summed E-state index contributed by atoms with van der Waals surface area (Å²) in [6, 6.07) is 1.56. The van der Waals surface area contributed by atoms with E-state index in [0.29, 0.717) is 5.69 Å². The molecule has 0 unspecified atom stereocenters. The Balaban J connectivity index is 0.00000441. The summed E-state index contributed by atoms with van der Waals surface area (Å²) in [5, 5.41) is 0. The van der Waals surface area contributed by atoms with E-state index >= 15 is 0 Å². The van der Waals surface area contributed by atoms with Crippen LogP contribution in [-0.2, 0) is 20.9 Å². The van der Waals surface area contributed by atoms with E-state index in [-0.39, 0.29) is 57.9 Å². The maximum atomic E-state index is 11.7. The Labute approximate surface area is 155 Å². The average molecular weight is 337 g/mol. The minimum Gasteiger partial charge on any atom is -0.744 e. The molecule has 0 aliphatic rings. The smallest absolute Gasteiger partial charge is 0.744 e. The molecule has 0 saturated heterocycles. The van der Waals surface area contributed by atoms with E-state index in [2.05, 4.69) is 4.98 Å². The van der Waals surface area contributed by atoms with Gasteiger partial charge < -0.3 is 9.29 Å². The van der Waals surface area contributed by atoms with Gasteiger partial charge in [-0.05, 0) is 6.92 Å². The van der Waals surface area contributed by atoms with Crippen LogP contribution in [0.1, 0.15) is 59.9 Å². The summed E-state index contributed by atoms with van der Waals surface area (Å²) >= 11 is 0. The molecular weight excluding hydrogens is 313 g/mol. The van der Waals surface area contributed by atoms with Gasteiger partial charge in [-0.25, -0.2) is 8.42 Å². The van der Waals surface area contributed by atoms with Crippen molar-refractivity contribution in [2.24, 2.45) is 0 Å². The van der Waals surface area contributed by atoms with E-state index in [0.717, 1.165) is 0 Å². The molecule has 0 aromatic carbocycles. The third kappa shape index (κ3) is 5.20. The second kappa shape index (κ2) is 7.18. The zero-order valence-corrected chi connectivity index (χ0v) is 17.6. The van der Waals surface area contributed by atoms with Crippen LogP contribution < -0.4 is 34.3 Å². The molecule has 1 aromatic heterocycles. The molecule has 0 aliphatic heterocycles. The summed E-state index contributed by atoms with van der Waals surface area (Å²) in [7, 11) is -4.67. The fourth-order valence-corrected chi connectivity index (χ4v) is 2.86. The second-order valence-electron chi connectivity index (χ2n) is 7.07. The predicted molar refractivity (Wildman–Crippen MR) is 80.8 cm³/mol. The van der Waals surface area contributed by atoms with Crippen LogP contribution in [0.15, 0.2) is 11.0 Å². The standard InChI is InChI=1S/C15H25NO4S.Na/c1-8-20-10-9-11(14(2,3)4)16-13(15(5,6)7)12(10)21(17,18)19;/h9H,8H2,1-7H3,(H,17,18,19);/q;+1/p-1. The Morgan fingerprint density at radius 1 is 1.14 bits per heavy atom. The van der Waals surface area contributed by atoms with Crippen LogP contribution in [0.2, 0.25) is 0 Å². The predicted octanol–water partition coefficient (Wildman–Crippen LogP) is -0.0166. The number of nitrogens with zero attached hydrogens (tertiary/aromatic N) is 1. The van der Waals surface area contributed by atoms with Gasteiger partial charge in [0.25, 0.3) is 0 Å². The number of aromatic nitrogens is 1. The Morgan fingerprint density at radius 2 is 1.64 bits per heavy atom. The van der Waals surface area contributed by atoms with Gasteiger partial charge >= 0.3 is 29.6 Å². The van der Waals surface area contributed by atoms with Crippen LogP contribution in [0, 0.1) is 0 Å². The zero-order valence-electron chi connectivity index (χ0n) is 14.8. The average Bonchev–Trinajstić information content (AvgIpc) is 2.24. The molecule has 0 fully saturated rings. The molecular formula is C15H24NNaO4S. The van der Waals surface area contributed by atoms with Gasteiger partial charge in [-0.2, -0.15) is 0 Å². The first-order chi connectivity index (χ1) is 9.28. The number of ether oxygens (including phenoxy) is 1. The first-order valence-corrected chi connectivity index (χ1v) is 8.34. The van der Waals surface area contributed by atoms with E-state index in [1.54, 1.807) is 13.0 Å². The zero-order chi connectivity index (χ0) is 16.6. The number of pyridine rings is 1. The number of rotatable bonds is 3. The van der Waals surface area contributed by atoms with Crippen LogP contribution in [0.5, 0.6) is 5.75 Å². The summed E-state index contributed by atoms with van der Waals surface area (Å²) in [5.41, 5.74) is 0.0911. The Kier molecular flexibility index (Phi) is 7.13. The van der Waals surface area contributed by atoms with Gasteiger partial charge in [0.05, 0.1) is 12.3 Å². The van der Waals surface area contributed by atoms with Crippen molar-refractivity contribution in [1.29, 1.82) is 0 Å². The summed E-state index contributed by atoms with van der Waals surface area (Å²) in [6.45, 7) is 13.4. The van der Waals surface area contributed by atoms with Crippen molar-refractivity contribution in [1.82, 2.24) is 4.98 Å². The molecule has 22 heavy (non-hydrogen) atoms. The van der Waals surface area contributed by atoms with Crippen LogP contribution in [0.25, 0.3) is 0 Å². The topological polar surface area (TPSA) is 79.3 Å². The van der Waals surface area contributed by atoms with Crippen LogP contribution >= 0.6 is 0 Å². The van der Waals surface area contributed by atoms with Crippen LogP contribution in [0.4, 0.5) is 0 Å². The van der Waals surface area contributed by atoms with Crippen molar-refractivity contribution in [2.75, 3.05) is 6.61 Å². The van der Waals surface area contributed by atoms with E-state index < -0.39 is 15.5 Å². The Hall–Kier alpha value is -0.140. The van der Waals surface area contributed by atoms with Crippen molar-refractivity contribution in [2.45, 2.75) is 64.2 Å². The maximum absolute atomic E-state index is 11.7. The molecule has 5 nitrogen and oxygen atoms in total. The molecule has 0 amide bonds. The Bertz CT molecular complexity index is 628. The monoisotopic (exact) mass is 337 g/mol. The first-order valence-electron chi connectivity index (χ1n) is 6.93. The SMILES string of the molecule is CCOc1cc(C(C)(C)C)nc(C(C)(C)C)c1S(=O)(=O)[O-].[Na+]. The van der Waals surface area contributed by atoms with Crippen molar-refractivity contribution in [3.05, 3.63) is 17.5 Å². The second-order valence-corrected chi connectivity index (χ2v) is 8.39. The molecule has 0 spiro atoms. The fourth-order valence-electron chi connectivity index (χ4n) is 1.91. The minimum absolute atomic E-state index is 0. The van der Waals surface area contributed by atoms with Gasteiger partial charge in [0, 0.05) is 22.6 Å². The largest absolute Gasteiger partial charge is 1.00 e. The first kappa shape index (κ1) is 21.9. The molecule has 7 heteroatoms. The maximum Gasteiger partial charge on any atom is 1.00 e. The molecule has 0 saturated carbocycles. The van der Waals surface area contributed by atoms with Gasteiger partial charge in [-0.1, -0.05) is 41.5 Å². The van der Waals surface area contributed by atoms with Gasteiger partial charge in [-0.3, -0.25) is 4.98 Å². The molecule has 1 aromatic rings. The third-order valence-electron chi connectivity index (χ3n) is 2.97.